The Bertz CT molecular complexity index is 1650. The molecule has 3 aromatic rings. The Kier molecular flexibility index (Phi) is 9.25. The molecule has 1 saturated heterocycles. The second-order valence-corrected chi connectivity index (χ2v) is 12.8. The Balaban J connectivity index is 1.26. The number of likely N-dealkylation sites (N-methyl/N-ethyl adjacent to an activating group) is 1. The van der Waals surface area contributed by atoms with Crippen LogP contribution in [0, 0.1) is 17.2 Å². The van der Waals surface area contributed by atoms with E-state index in [4.69, 9.17) is 26.3 Å². The third-order valence-electron chi connectivity index (χ3n) is 9.09. The van der Waals surface area contributed by atoms with Crippen LogP contribution in [0.5, 0.6) is 6.01 Å². The normalized spacial score (nSPS) is 19.5. The predicted molar refractivity (Wildman–Crippen MR) is 172 cm³/mol. The third kappa shape index (κ3) is 6.71. The fourth-order valence-electron chi connectivity index (χ4n) is 6.81. The summed E-state index contributed by atoms with van der Waals surface area (Å²) in [4.78, 5) is 34.8. The van der Waals surface area contributed by atoms with Gasteiger partial charge in [-0.1, -0.05) is 30.3 Å². The van der Waals surface area contributed by atoms with Crippen LogP contribution in [-0.4, -0.2) is 95.5 Å². The molecule has 4 heterocycles. The lowest BCUT2D eigenvalue weighted by Crippen LogP contribution is -2.55. The van der Waals surface area contributed by atoms with Gasteiger partial charge in [0.25, 0.3) is 0 Å². The van der Waals surface area contributed by atoms with Gasteiger partial charge in [0.1, 0.15) is 12.4 Å². The number of alkyl halides is 2. The van der Waals surface area contributed by atoms with Gasteiger partial charge in [-0.25, -0.2) is 8.78 Å². The lowest BCUT2D eigenvalue weighted by Gasteiger charge is -2.42. The van der Waals surface area contributed by atoms with E-state index in [1.54, 1.807) is 11.1 Å². The fourth-order valence-corrected chi connectivity index (χ4v) is 7.08. The number of hydrogen-bond acceptors (Lipinski definition) is 9. The quantitative estimate of drug-likeness (QED) is 0.289. The molecule has 3 aliphatic rings. The van der Waals surface area contributed by atoms with Crippen molar-refractivity contribution in [1.29, 1.82) is 5.26 Å². The lowest BCUT2D eigenvalue weighted by molar-refractivity contribution is -0.128. The van der Waals surface area contributed by atoms with E-state index in [0.717, 1.165) is 33.5 Å². The fraction of sp³-hybridized carbons (Fsp3) is 0.485. The number of hydrogen-bond donors (Lipinski definition) is 0. The van der Waals surface area contributed by atoms with Crippen LogP contribution in [0.3, 0.4) is 0 Å². The second kappa shape index (κ2) is 13.3. The number of carbonyl (C=O) groups excluding carboxylic acids is 1. The van der Waals surface area contributed by atoms with Crippen LogP contribution >= 0.6 is 11.6 Å². The van der Waals surface area contributed by atoms with Crippen molar-refractivity contribution in [1.82, 2.24) is 24.8 Å². The first kappa shape index (κ1) is 31.9. The van der Waals surface area contributed by atoms with E-state index in [1.165, 1.54) is 6.08 Å². The van der Waals surface area contributed by atoms with Crippen LogP contribution in [0.15, 0.2) is 43.2 Å². The van der Waals surface area contributed by atoms with Gasteiger partial charge in [-0.3, -0.25) is 9.78 Å². The van der Waals surface area contributed by atoms with Gasteiger partial charge in [0.15, 0.2) is 0 Å². The van der Waals surface area contributed by atoms with Crippen LogP contribution in [0.2, 0.25) is 5.02 Å². The van der Waals surface area contributed by atoms with Gasteiger partial charge in [-0.15, -0.1) is 0 Å². The number of anilines is 2. The lowest BCUT2D eigenvalue weighted by atomic mass is 9.81. The minimum atomic E-state index is -2.53. The first-order chi connectivity index (χ1) is 22.2. The zero-order valence-corrected chi connectivity index (χ0v) is 26.6. The number of fused-ring (bicyclic) bond motifs is 2. The zero-order chi connectivity index (χ0) is 32.4. The second-order valence-electron chi connectivity index (χ2n) is 12.4. The molecular formula is C33H37ClF2N8O2. The smallest absolute Gasteiger partial charge is 0.318 e. The molecule has 1 atom stereocenters. The highest BCUT2D eigenvalue weighted by atomic mass is 35.5. The molecule has 10 nitrogen and oxygen atoms in total. The van der Waals surface area contributed by atoms with Crippen molar-refractivity contribution in [3.63, 3.8) is 0 Å². The summed E-state index contributed by atoms with van der Waals surface area (Å²) in [6, 6.07) is 7.91. The molecule has 1 aromatic carbocycles. The number of pyridine rings is 1. The summed E-state index contributed by atoms with van der Waals surface area (Å²) >= 11 is 6.65. The highest BCUT2D eigenvalue weighted by molar-refractivity contribution is 6.36. The number of benzene rings is 1. The van der Waals surface area contributed by atoms with E-state index in [1.807, 2.05) is 36.3 Å². The van der Waals surface area contributed by atoms with E-state index in [-0.39, 0.29) is 43.1 Å². The molecular weight excluding hydrogens is 614 g/mol. The van der Waals surface area contributed by atoms with Gasteiger partial charge in [0.05, 0.1) is 47.7 Å². The van der Waals surface area contributed by atoms with Gasteiger partial charge in [0.2, 0.25) is 11.8 Å². The van der Waals surface area contributed by atoms with E-state index in [0.29, 0.717) is 63.9 Å². The maximum absolute atomic E-state index is 13.3. The molecule has 1 amide bonds. The third-order valence-corrected chi connectivity index (χ3v) is 9.41. The Morgan fingerprint density at radius 2 is 2.07 bits per heavy atom. The standard InChI is InChI=1S/C33H37ClF2N8O2/c1-3-29(45)44-12-11-43(20-24(44)7-9-37)31-25-8-10-42(28-18-38-17-23-5-4-6-26(34)30(23)28)21-27(25)39-32(40-31)46-14-13-41(2)19-22-15-33(35,36)16-22/h3-6,17-18,22,24H,1,7-8,10-16,19-21H2,2H3/t24-/m0/s1. The molecule has 0 bridgehead atoms. The van der Waals surface area contributed by atoms with Crippen LogP contribution in [0.1, 0.15) is 30.5 Å². The maximum atomic E-state index is 13.3. The summed E-state index contributed by atoms with van der Waals surface area (Å²) in [7, 11) is 1.90. The SMILES string of the molecule is C=CC(=O)N1CCN(c2nc(OCCN(C)CC3CC(F)(F)C3)nc3c2CCN(c2cncc4cccc(Cl)c24)C3)C[C@@H]1CC#N. The predicted octanol–water partition coefficient (Wildman–Crippen LogP) is 4.71. The Hall–Kier alpha value is -4.08. The summed E-state index contributed by atoms with van der Waals surface area (Å²) in [6.45, 7) is 7.63. The van der Waals surface area contributed by atoms with Gasteiger partial charge in [0, 0.05) is 74.6 Å². The Morgan fingerprint density at radius 1 is 1.24 bits per heavy atom. The molecule has 0 radical (unpaired) electrons. The molecule has 1 aliphatic carbocycles. The number of ether oxygens (including phenoxy) is 1. The topological polar surface area (TPSA) is 102 Å². The summed E-state index contributed by atoms with van der Waals surface area (Å²) < 4.78 is 32.7. The van der Waals surface area contributed by atoms with Crippen molar-refractivity contribution in [3.05, 3.63) is 59.5 Å². The molecule has 1 saturated carbocycles. The van der Waals surface area contributed by atoms with E-state index >= 15 is 0 Å². The molecule has 2 aliphatic heterocycles. The average Bonchev–Trinajstić information content (AvgIpc) is 3.03. The van der Waals surface area contributed by atoms with Crippen LogP contribution in [0.4, 0.5) is 20.3 Å². The van der Waals surface area contributed by atoms with Crippen LogP contribution < -0.4 is 14.5 Å². The largest absolute Gasteiger partial charge is 0.462 e. The molecule has 0 unspecified atom stereocenters. The maximum Gasteiger partial charge on any atom is 0.318 e. The van der Waals surface area contributed by atoms with Crippen molar-refractivity contribution in [2.24, 2.45) is 5.92 Å². The molecule has 2 aromatic heterocycles. The highest BCUT2D eigenvalue weighted by Crippen LogP contribution is 2.42. The summed E-state index contributed by atoms with van der Waals surface area (Å²) in [5.41, 5.74) is 2.75. The molecule has 0 spiro atoms. The molecule has 46 heavy (non-hydrogen) atoms. The number of piperazine rings is 1. The van der Waals surface area contributed by atoms with Gasteiger partial charge >= 0.3 is 6.01 Å². The first-order valence-electron chi connectivity index (χ1n) is 15.6. The van der Waals surface area contributed by atoms with E-state index in [9.17, 15) is 18.8 Å². The van der Waals surface area contributed by atoms with E-state index < -0.39 is 5.92 Å². The van der Waals surface area contributed by atoms with Crippen LogP contribution in [0.25, 0.3) is 10.8 Å². The monoisotopic (exact) mass is 650 g/mol. The first-order valence-corrected chi connectivity index (χ1v) is 15.9. The zero-order valence-electron chi connectivity index (χ0n) is 25.8. The van der Waals surface area contributed by atoms with Gasteiger partial charge in [-0.2, -0.15) is 15.2 Å². The number of nitriles is 1. The number of halogens is 3. The summed E-state index contributed by atoms with van der Waals surface area (Å²) in [6.07, 6.45) is 5.63. The van der Waals surface area contributed by atoms with Gasteiger partial charge in [-0.05, 0) is 31.5 Å². The van der Waals surface area contributed by atoms with Crippen molar-refractivity contribution in [2.75, 3.05) is 62.7 Å². The number of amides is 1. The average molecular weight is 651 g/mol. The Labute approximate surface area is 272 Å². The number of nitrogens with zero attached hydrogens (tertiary/aromatic N) is 8. The number of carbonyl (C=O) groups is 1. The Morgan fingerprint density at radius 3 is 2.83 bits per heavy atom. The van der Waals surface area contributed by atoms with Crippen molar-refractivity contribution in [2.45, 2.75) is 44.2 Å². The van der Waals surface area contributed by atoms with Gasteiger partial charge < -0.3 is 24.3 Å². The summed E-state index contributed by atoms with van der Waals surface area (Å²) in [5.74, 6) is -2.00. The molecule has 242 valence electrons. The molecule has 6 rings (SSSR count). The molecule has 0 N–H and O–H groups in total. The summed E-state index contributed by atoms with van der Waals surface area (Å²) in [5, 5.41) is 12.1. The molecule has 13 heteroatoms. The van der Waals surface area contributed by atoms with Crippen LogP contribution in [-0.2, 0) is 17.8 Å². The molecule has 2 fully saturated rings. The number of aromatic nitrogens is 3. The minimum Gasteiger partial charge on any atom is -0.462 e. The van der Waals surface area contributed by atoms with Crippen molar-refractivity contribution >= 4 is 39.8 Å². The van der Waals surface area contributed by atoms with E-state index in [2.05, 4.69) is 27.4 Å². The van der Waals surface area contributed by atoms with Crippen molar-refractivity contribution in [3.8, 4) is 12.1 Å². The number of rotatable bonds is 10. The van der Waals surface area contributed by atoms with Crippen molar-refractivity contribution < 1.29 is 18.3 Å². The minimum absolute atomic E-state index is 0.0114. The highest BCUT2D eigenvalue weighted by Gasteiger charge is 2.45.